The van der Waals surface area contributed by atoms with Crippen LogP contribution in [0.25, 0.3) is 0 Å². The van der Waals surface area contributed by atoms with Crippen LogP contribution in [0.1, 0.15) is 5.56 Å². The summed E-state index contributed by atoms with van der Waals surface area (Å²) >= 11 is 0. The van der Waals surface area contributed by atoms with Crippen molar-refractivity contribution in [2.45, 2.75) is 11.4 Å². The van der Waals surface area contributed by atoms with E-state index in [1.807, 2.05) is 0 Å². The van der Waals surface area contributed by atoms with E-state index in [9.17, 15) is 13.2 Å². The van der Waals surface area contributed by atoms with Crippen LogP contribution in [0.2, 0.25) is 0 Å². The number of hydrogen-bond donors (Lipinski definition) is 3. The molecule has 4 N–H and O–H groups in total. The maximum Gasteiger partial charge on any atom is 0.238 e. The molecule has 1 aromatic rings. The molecule has 1 aromatic carbocycles. The molecule has 0 unspecified atom stereocenters. The molecule has 0 atom stereocenters. The Bertz CT molecular complexity index is 552. The zero-order valence-electron chi connectivity index (χ0n) is 9.72. The van der Waals surface area contributed by atoms with Crippen LogP contribution in [0.3, 0.4) is 0 Å². The van der Waals surface area contributed by atoms with Crippen LogP contribution in [0.4, 0.5) is 0 Å². The number of carbonyl (C=O) groups is 1. The number of carbonyl (C=O) groups excluding carboxylic acids is 1. The van der Waals surface area contributed by atoms with Crippen molar-refractivity contribution in [3.63, 3.8) is 0 Å². The summed E-state index contributed by atoms with van der Waals surface area (Å²) in [6.07, 6.45) is 0. The summed E-state index contributed by atoms with van der Waals surface area (Å²) in [7, 11) is -3.70. The van der Waals surface area contributed by atoms with Crippen molar-refractivity contribution in [1.82, 2.24) is 10.6 Å². The van der Waals surface area contributed by atoms with Gasteiger partial charge in [-0.1, -0.05) is 12.1 Å². The molecule has 2 rings (SSSR count). The predicted molar refractivity (Wildman–Crippen MR) is 66.0 cm³/mol. The second-order valence-corrected chi connectivity index (χ2v) is 5.83. The Kier molecular flexibility index (Phi) is 3.65. The van der Waals surface area contributed by atoms with Gasteiger partial charge in [0.2, 0.25) is 15.9 Å². The number of nitrogens with one attached hydrogen (secondary N) is 2. The number of nitrogens with two attached hydrogens (primary N) is 1. The third-order valence-electron chi connectivity index (χ3n) is 2.85. The van der Waals surface area contributed by atoms with Gasteiger partial charge in [-0.2, -0.15) is 0 Å². The fourth-order valence-electron chi connectivity index (χ4n) is 1.64. The monoisotopic (exact) mass is 269 g/mol. The second-order valence-electron chi connectivity index (χ2n) is 4.27. The number of hydrogen-bond acceptors (Lipinski definition) is 4. The van der Waals surface area contributed by atoms with E-state index in [0.29, 0.717) is 25.2 Å². The summed E-state index contributed by atoms with van der Waals surface area (Å²) in [5, 5.41) is 10.8. The van der Waals surface area contributed by atoms with Crippen molar-refractivity contribution in [2.75, 3.05) is 13.1 Å². The van der Waals surface area contributed by atoms with E-state index in [0.717, 1.165) is 0 Å². The largest absolute Gasteiger partial charge is 0.352 e. The molecule has 1 amide bonds. The van der Waals surface area contributed by atoms with Gasteiger partial charge < -0.3 is 10.6 Å². The SMILES string of the molecule is NS(=O)(=O)c1cccc(CNC(=O)C2CNC2)c1. The molecule has 0 bridgehead atoms. The molecule has 1 aliphatic heterocycles. The topological polar surface area (TPSA) is 101 Å². The van der Waals surface area contributed by atoms with Crippen molar-refractivity contribution in [3.05, 3.63) is 29.8 Å². The molecule has 0 aromatic heterocycles. The molecular weight excluding hydrogens is 254 g/mol. The Morgan fingerprint density at radius 1 is 1.44 bits per heavy atom. The van der Waals surface area contributed by atoms with Crippen molar-refractivity contribution >= 4 is 15.9 Å². The summed E-state index contributed by atoms with van der Waals surface area (Å²) in [6, 6.07) is 6.24. The highest BCUT2D eigenvalue weighted by molar-refractivity contribution is 7.89. The van der Waals surface area contributed by atoms with Crippen molar-refractivity contribution in [3.8, 4) is 0 Å². The Balaban J connectivity index is 1.99. The van der Waals surface area contributed by atoms with Gasteiger partial charge in [0.15, 0.2) is 0 Å². The summed E-state index contributed by atoms with van der Waals surface area (Å²) in [5.74, 6) is 0.00109. The molecule has 1 heterocycles. The van der Waals surface area contributed by atoms with E-state index in [2.05, 4.69) is 10.6 Å². The molecule has 98 valence electrons. The van der Waals surface area contributed by atoms with Crippen LogP contribution >= 0.6 is 0 Å². The number of primary sulfonamides is 1. The Morgan fingerprint density at radius 2 is 2.17 bits per heavy atom. The number of benzene rings is 1. The Hall–Kier alpha value is -1.44. The maximum absolute atomic E-state index is 11.6. The number of rotatable bonds is 4. The van der Waals surface area contributed by atoms with Crippen LogP contribution in [-0.2, 0) is 21.4 Å². The average Bonchev–Trinajstić information content (AvgIpc) is 2.23. The lowest BCUT2D eigenvalue weighted by Gasteiger charge is -2.25. The van der Waals surface area contributed by atoms with Crippen molar-refractivity contribution in [1.29, 1.82) is 0 Å². The third kappa shape index (κ3) is 3.06. The highest BCUT2D eigenvalue weighted by atomic mass is 32.2. The van der Waals surface area contributed by atoms with E-state index in [1.165, 1.54) is 12.1 Å². The van der Waals surface area contributed by atoms with Gasteiger partial charge in [0.1, 0.15) is 0 Å². The third-order valence-corrected chi connectivity index (χ3v) is 3.76. The van der Waals surface area contributed by atoms with Gasteiger partial charge >= 0.3 is 0 Å². The molecule has 1 aliphatic rings. The minimum atomic E-state index is -3.70. The maximum atomic E-state index is 11.6. The highest BCUT2D eigenvalue weighted by Crippen LogP contribution is 2.10. The van der Waals surface area contributed by atoms with Gasteiger partial charge in [-0.05, 0) is 17.7 Å². The fraction of sp³-hybridized carbons (Fsp3) is 0.364. The van der Waals surface area contributed by atoms with Crippen LogP contribution < -0.4 is 15.8 Å². The van der Waals surface area contributed by atoms with Gasteiger partial charge in [-0.15, -0.1) is 0 Å². The Morgan fingerprint density at radius 3 is 2.72 bits per heavy atom. The zero-order valence-corrected chi connectivity index (χ0v) is 10.5. The molecule has 6 nitrogen and oxygen atoms in total. The molecule has 18 heavy (non-hydrogen) atoms. The molecule has 1 fully saturated rings. The fourth-order valence-corrected chi connectivity index (χ4v) is 2.22. The quantitative estimate of drug-likeness (QED) is 0.664. The lowest BCUT2D eigenvalue weighted by Crippen LogP contribution is -2.50. The van der Waals surface area contributed by atoms with Crippen molar-refractivity contribution < 1.29 is 13.2 Å². The summed E-state index contributed by atoms with van der Waals surface area (Å²) in [5.41, 5.74) is 0.710. The summed E-state index contributed by atoms with van der Waals surface area (Å²) in [6.45, 7) is 1.70. The molecule has 0 saturated carbocycles. The van der Waals surface area contributed by atoms with E-state index in [-0.39, 0.29) is 16.7 Å². The molecule has 0 radical (unpaired) electrons. The van der Waals surface area contributed by atoms with E-state index < -0.39 is 10.0 Å². The molecular formula is C11H15N3O3S. The van der Waals surface area contributed by atoms with Crippen molar-refractivity contribution in [2.24, 2.45) is 11.1 Å². The van der Waals surface area contributed by atoms with Gasteiger partial charge in [0.05, 0.1) is 10.8 Å². The molecule has 0 aliphatic carbocycles. The first kappa shape index (κ1) is 13.0. The first-order chi connectivity index (χ1) is 8.47. The van der Waals surface area contributed by atoms with Gasteiger partial charge in [0, 0.05) is 19.6 Å². The van der Waals surface area contributed by atoms with Gasteiger partial charge in [-0.3, -0.25) is 4.79 Å². The molecule has 1 saturated heterocycles. The van der Waals surface area contributed by atoms with Crippen LogP contribution in [0, 0.1) is 5.92 Å². The van der Waals surface area contributed by atoms with Gasteiger partial charge in [0.25, 0.3) is 0 Å². The second kappa shape index (κ2) is 5.05. The first-order valence-corrected chi connectivity index (χ1v) is 7.11. The van der Waals surface area contributed by atoms with E-state index in [1.54, 1.807) is 12.1 Å². The lowest BCUT2D eigenvalue weighted by molar-refractivity contribution is -0.126. The lowest BCUT2D eigenvalue weighted by atomic mass is 10.0. The first-order valence-electron chi connectivity index (χ1n) is 5.57. The normalized spacial score (nSPS) is 16.1. The molecule has 0 spiro atoms. The van der Waals surface area contributed by atoms with E-state index in [4.69, 9.17) is 5.14 Å². The summed E-state index contributed by atoms with van der Waals surface area (Å²) in [4.78, 5) is 11.6. The van der Waals surface area contributed by atoms with Crippen LogP contribution in [0.5, 0.6) is 0 Å². The van der Waals surface area contributed by atoms with Crippen LogP contribution in [-0.4, -0.2) is 27.4 Å². The predicted octanol–water partition coefficient (Wildman–Crippen LogP) is -0.830. The number of amides is 1. The number of sulfonamides is 1. The minimum Gasteiger partial charge on any atom is -0.352 e. The standard InChI is InChI=1S/C11H15N3O3S/c12-18(16,17)10-3-1-2-8(4-10)5-14-11(15)9-6-13-7-9/h1-4,9,13H,5-7H2,(H,14,15)(H2,12,16,17). The van der Waals surface area contributed by atoms with Crippen LogP contribution in [0.15, 0.2) is 29.2 Å². The average molecular weight is 269 g/mol. The van der Waals surface area contributed by atoms with Gasteiger partial charge in [-0.25, -0.2) is 13.6 Å². The van der Waals surface area contributed by atoms with E-state index >= 15 is 0 Å². The smallest absolute Gasteiger partial charge is 0.238 e. The zero-order chi connectivity index (χ0) is 13.2. The highest BCUT2D eigenvalue weighted by Gasteiger charge is 2.24. The Labute approximate surface area is 106 Å². The molecule has 7 heteroatoms. The minimum absolute atomic E-state index is 0.0187. The summed E-state index contributed by atoms with van der Waals surface area (Å²) < 4.78 is 22.3.